The predicted octanol–water partition coefficient (Wildman–Crippen LogP) is 1.60. The molecular formula is C13H24N2O2S. The van der Waals surface area contributed by atoms with E-state index in [4.69, 9.17) is 0 Å². The number of thioether (sulfide) groups is 1. The Hall–Kier alpha value is -0.710. The second-order valence-electron chi connectivity index (χ2n) is 4.87. The Kier molecular flexibility index (Phi) is 5.99. The molecule has 0 unspecified atom stereocenters. The maximum atomic E-state index is 12.4. The quantitative estimate of drug-likeness (QED) is 0.737. The van der Waals surface area contributed by atoms with Crippen molar-refractivity contribution in [2.45, 2.75) is 45.2 Å². The molecule has 1 aliphatic rings. The average molecular weight is 272 g/mol. The zero-order valence-corrected chi connectivity index (χ0v) is 12.6. The van der Waals surface area contributed by atoms with Gasteiger partial charge in [0, 0.05) is 31.8 Å². The van der Waals surface area contributed by atoms with Crippen LogP contribution in [0.5, 0.6) is 0 Å². The SMILES string of the molecule is CC[C@H](C(=O)N(C)[C@@H](C)CSC)N1CCCC1=O. The Morgan fingerprint density at radius 1 is 1.56 bits per heavy atom. The van der Waals surface area contributed by atoms with Gasteiger partial charge in [-0.25, -0.2) is 0 Å². The molecule has 0 radical (unpaired) electrons. The lowest BCUT2D eigenvalue weighted by atomic mass is 10.1. The number of rotatable bonds is 6. The van der Waals surface area contributed by atoms with Crippen LogP contribution >= 0.6 is 11.8 Å². The van der Waals surface area contributed by atoms with Gasteiger partial charge in [-0.1, -0.05) is 6.92 Å². The Morgan fingerprint density at radius 2 is 2.22 bits per heavy atom. The third kappa shape index (κ3) is 3.40. The van der Waals surface area contributed by atoms with E-state index >= 15 is 0 Å². The number of carbonyl (C=O) groups is 2. The minimum atomic E-state index is -0.269. The lowest BCUT2D eigenvalue weighted by molar-refractivity contribution is -0.143. The molecule has 1 aliphatic heterocycles. The first kappa shape index (κ1) is 15.3. The van der Waals surface area contributed by atoms with Crippen molar-refractivity contribution in [3.63, 3.8) is 0 Å². The van der Waals surface area contributed by atoms with Gasteiger partial charge >= 0.3 is 0 Å². The summed E-state index contributed by atoms with van der Waals surface area (Å²) < 4.78 is 0. The molecule has 0 N–H and O–H groups in total. The first-order valence-corrected chi connectivity index (χ1v) is 7.97. The predicted molar refractivity (Wildman–Crippen MR) is 75.6 cm³/mol. The summed E-state index contributed by atoms with van der Waals surface area (Å²) >= 11 is 1.73. The van der Waals surface area contributed by atoms with Crippen LogP contribution in [0.2, 0.25) is 0 Å². The molecule has 18 heavy (non-hydrogen) atoms. The topological polar surface area (TPSA) is 40.6 Å². The van der Waals surface area contributed by atoms with E-state index in [1.807, 2.05) is 27.2 Å². The van der Waals surface area contributed by atoms with Gasteiger partial charge < -0.3 is 9.80 Å². The zero-order chi connectivity index (χ0) is 13.7. The van der Waals surface area contributed by atoms with Crippen molar-refractivity contribution in [1.29, 1.82) is 0 Å². The van der Waals surface area contributed by atoms with E-state index in [1.165, 1.54) is 0 Å². The largest absolute Gasteiger partial charge is 0.340 e. The summed E-state index contributed by atoms with van der Waals surface area (Å²) in [5.74, 6) is 1.13. The van der Waals surface area contributed by atoms with Crippen LogP contribution < -0.4 is 0 Å². The van der Waals surface area contributed by atoms with Gasteiger partial charge in [0.05, 0.1) is 0 Å². The number of hydrogen-bond acceptors (Lipinski definition) is 3. The molecule has 0 aromatic carbocycles. The lowest BCUT2D eigenvalue weighted by Crippen LogP contribution is -2.50. The molecule has 1 heterocycles. The summed E-state index contributed by atoms with van der Waals surface area (Å²) in [6.45, 7) is 4.75. The van der Waals surface area contributed by atoms with Gasteiger partial charge in [0.15, 0.2) is 0 Å². The Balaban J connectivity index is 2.69. The number of amides is 2. The number of likely N-dealkylation sites (N-methyl/N-ethyl adjacent to an activating group) is 1. The second kappa shape index (κ2) is 7.02. The fourth-order valence-corrected chi connectivity index (χ4v) is 3.04. The summed E-state index contributed by atoms with van der Waals surface area (Å²) in [6, 6.07) is -0.0615. The Labute approximate surface area is 114 Å². The Bertz CT molecular complexity index is 309. The molecule has 0 aromatic rings. The highest BCUT2D eigenvalue weighted by Crippen LogP contribution is 2.18. The van der Waals surface area contributed by atoms with Gasteiger partial charge in [-0.2, -0.15) is 11.8 Å². The maximum absolute atomic E-state index is 12.4. The molecule has 0 saturated carbocycles. The van der Waals surface area contributed by atoms with E-state index in [9.17, 15) is 9.59 Å². The van der Waals surface area contributed by atoms with E-state index in [2.05, 4.69) is 0 Å². The molecule has 104 valence electrons. The molecule has 2 amide bonds. The van der Waals surface area contributed by atoms with Crippen molar-refractivity contribution in [2.24, 2.45) is 0 Å². The molecule has 0 aliphatic carbocycles. The van der Waals surface area contributed by atoms with Crippen LogP contribution in [0.3, 0.4) is 0 Å². The first-order chi connectivity index (χ1) is 8.52. The van der Waals surface area contributed by atoms with Crippen LogP contribution in [0.4, 0.5) is 0 Å². The van der Waals surface area contributed by atoms with Crippen molar-refractivity contribution in [2.75, 3.05) is 25.6 Å². The van der Waals surface area contributed by atoms with Gasteiger partial charge in [-0.15, -0.1) is 0 Å². The summed E-state index contributed by atoms with van der Waals surface area (Å²) in [5.41, 5.74) is 0. The molecule has 1 rings (SSSR count). The van der Waals surface area contributed by atoms with Crippen LogP contribution in [-0.4, -0.2) is 59.3 Å². The highest BCUT2D eigenvalue weighted by Gasteiger charge is 2.33. The van der Waals surface area contributed by atoms with Crippen molar-refractivity contribution < 1.29 is 9.59 Å². The van der Waals surface area contributed by atoms with Gasteiger partial charge in [-0.3, -0.25) is 9.59 Å². The molecular weight excluding hydrogens is 248 g/mol. The van der Waals surface area contributed by atoms with Crippen LogP contribution in [0.25, 0.3) is 0 Å². The Morgan fingerprint density at radius 3 is 2.67 bits per heavy atom. The molecule has 5 heteroatoms. The maximum Gasteiger partial charge on any atom is 0.245 e. The van der Waals surface area contributed by atoms with Crippen LogP contribution in [-0.2, 0) is 9.59 Å². The van der Waals surface area contributed by atoms with Gasteiger partial charge in [-0.05, 0) is 26.0 Å². The van der Waals surface area contributed by atoms with Crippen LogP contribution in [0, 0.1) is 0 Å². The second-order valence-corrected chi connectivity index (χ2v) is 5.78. The third-order valence-corrected chi connectivity index (χ3v) is 4.39. The molecule has 0 aromatic heterocycles. The molecule has 2 atom stereocenters. The molecule has 4 nitrogen and oxygen atoms in total. The van der Waals surface area contributed by atoms with Gasteiger partial charge in [0.2, 0.25) is 11.8 Å². The minimum absolute atomic E-state index is 0.0781. The van der Waals surface area contributed by atoms with E-state index in [-0.39, 0.29) is 23.9 Å². The summed E-state index contributed by atoms with van der Waals surface area (Å²) in [4.78, 5) is 27.7. The monoisotopic (exact) mass is 272 g/mol. The first-order valence-electron chi connectivity index (χ1n) is 6.58. The molecule has 1 fully saturated rings. The minimum Gasteiger partial charge on any atom is -0.340 e. The molecule has 0 spiro atoms. The van der Waals surface area contributed by atoms with Crippen LogP contribution in [0.1, 0.15) is 33.1 Å². The standard InChI is InChI=1S/C13H24N2O2S/c1-5-11(15-8-6-7-12(15)16)13(17)14(3)10(2)9-18-4/h10-11H,5-9H2,1-4H3/t10-,11+/m0/s1. The van der Waals surface area contributed by atoms with Gasteiger partial charge in [0.25, 0.3) is 0 Å². The van der Waals surface area contributed by atoms with E-state index < -0.39 is 0 Å². The number of hydrogen-bond donors (Lipinski definition) is 0. The van der Waals surface area contributed by atoms with E-state index in [0.29, 0.717) is 12.8 Å². The molecule has 0 bridgehead atoms. The highest BCUT2D eigenvalue weighted by atomic mass is 32.2. The average Bonchev–Trinajstić information content (AvgIpc) is 2.76. The van der Waals surface area contributed by atoms with Crippen molar-refractivity contribution in [3.8, 4) is 0 Å². The lowest BCUT2D eigenvalue weighted by Gasteiger charge is -2.32. The van der Waals surface area contributed by atoms with E-state index in [1.54, 1.807) is 21.6 Å². The van der Waals surface area contributed by atoms with Crippen molar-refractivity contribution in [1.82, 2.24) is 9.80 Å². The van der Waals surface area contributed by atoms with Crippen molar-refractivity contribution in [3.05, 3.63) is 0 Å². The normalized spacial score (nSPS) is 18.9. The number of carbonyl (C=O) groups excluding carboxylic acids is 2. The fraction of sp³-hybridized carbons (Fsp3) is 0.846. The van der Waals surface area contributed by atoms with Crippen molar-refractivity contribution >= 4 is 23.6 Å². The van der Waals surface area contributed by atoms with Crippen LogP contribution in [0.15, 0.2) is 0 Å². The van der Waals surface area contributed by atoms with Gasteiger partial charge in [0.1, 0.15) is 6.04 Å². The summed E-state index contributed by atoms with van der Waals surface area (Å²) in [7, 11) is 1.84. The smallest absolute Gasteiger partial charge is 0.245 e. The number of nitrogens with zero attached hydrogens (tertiary/aromatic N) is 2. The third-order valence-electron chi connectivity index (χ3n) is 3.57. The van der Waals surface area contributed by atoms with E-state index in [0.717, 1.165) is 18.7 Å². The summed E-state index contributed by atoms with van der Waals surface area (Å²) in [5, 5.41) is 0. The zero-order valence-electron chi connectivity index (χ0n) is 11.8. The highest BCUT2D eigenvalue weighted by molar-refractivity contribution is 7.98. The number of likely N-dealkylation sites (tertiary alicyclic amines) is 1. The molecule has 1 saturated heterocycles. The summed E-state index contributed by atoms with van der Waals surface area (Å²) in [6.07, 6.45) is 4.21. The fourth-order valence-electron chi connectivity index (χ4n) is 2.33.